The quantitative estimate of drug-likeness (QED) is 0.533. The number of pyridine rings is 1. The Labute approximate surface area is 116 Å². The van der Waals surface area contributed by atoms with Crippen molar-refractivity contribution in [3.8, 4) is 5.75 Å². The zero-order valence-electron chi connectivity index (χ0n) is 10.1. The van der Waals surface area contributed by atoms with E-state index in [1.807, 2.05) is 12.1 Å². The molecule has 2 heterocycles. The number of carboxylic acids is 1. The molecular formula is C13H10LiNO3. The van der Waals surface area contributed by atoms with Gasteiger partial charge in [-0.15, -0.1) is 0 Å². The zero-order valence-corrected chi connectivity index (χ0v) is 10.1. The summed E-state index contributed by atoms with van der Waals surface area (Å²) in [6.07, 6.45) is 3.32. The summed E-state index contributed by atoms with van der Waals surface area (Å²) in [6, 6.07) is 5.38. The van der Waals surface area contributed by atoms with Crippen LogP contribution in [0, 0.1) is 0 Å². The number of hydrogen-bond acceptors (Lipinski definition) is 4. The Balaban J connectivity index is 0.00000120. The number of fused-ring (bicyclic) bond motifs is 2. The Hall–Kier alpha value is -1.50. The molecule has 0 N–H and O–H groups in total. The first-order valence-electron chi connectivity index (χ1n) is 5.51. The van der Waals surface area contributed by atoms with Crippen LogP contribution in [0.4, 0.5) is 0 Å². The third-order valence-corrected chi connectivity index (χ3v) is 2.95. The van der Waals surface area contributed by atoms with Crippen LogP contribution in [0.1, 0.15) is 22.3 Å². The topological polar surface area (TPSA) is 62.2 Å². The van der Waals surface area contributed by atoms with Crippen LogP contribution in [0.5, 0.6) is 5.75 Å². The summed E-state index contributed by atoms with van der Waals surface area (Å²) in [5.74, 6) is -0.376. The summed E-state index contributed by atoms with van der Waals surface area (Å²) >= 11 is 0. The first-order valence-corrected chi connectivity index (χ1v) is 5.51. The number of aromatic carboxylic acids is 1. The van der Waals surface area contributed by atoms with Crippen molar-refractivity contribution < 1.29 is 33.5 Å². The number of ether oxygens (including phenoxy) is 1. The van der Waals surface area contributed by atoms with Gasteiger partial charge in [-0.3, -0.25) is 4.98 Å². The summed E-state index contributed by atoms with van der Waals surface area (Å²) < 4.78 is 5.54. The van der Waals surface area contributed by atoms with Gasteiger partial charge in [-0.05, 0) is 36.6 Å². The monoisotopic (exact) mass is 235 g/mol. The van der Waals surface area contributed by atoms with E-state index >= 15 is 0 Å². The van der Waals surface area contributed by atoms with Gasteiger partial charge >= 0.3 is 18.9 Å². The molecule has 0 bridgehead atoms. The molecule has 0 atom stereocenters. The number of benzene rings is 1. The van der Waals surface area contributed by atoms with Gasteiger partial charge in [-0.25, -0.2) is 0 Å². The number of carbonyl (C=O) groups excluding carboxylic acids is 1. The van der Waals surface area contributed by atoms with Crippen molar-refractivity contribution in [2.24, 2.45) is 0 Å². The largest absolute Gasteiger partial charge is 1.00 e. The van der Waals surface area contributed by atoms with Crippen LogP contribution >= 0.6 is 0 Å². The standard InChI is InChI=1S/C13H11NO3.Li/c15-13(16)10-4-9-6-12-8(2-1-3-17-12)5-11(9)14-7-10;/h4-7H,1-3H2,(H,15,16);/q;+1/p-1. The molecule has 1 aliphatic rings. The van der Waals surface area contributed by atoms with Crippen LogP contribution in [0.2, 0.25) is 0 Å². The van der Waals surface area contributed by atoms with Crippen molar-refractivity contribution in [1.82, 2.24) is 4.98 Å². The third kappa shape index (κ3) is 2.22. The van der Waals surface area contributed by atoms with Gasteiger partial charge in [0.25, 0.3) is 0 Å². The van der Waals surface area contributed by atoms with Gasteiger partial charge in [0, 0.05) is 17.1 Å². The number of aromatic nitrogens is 1. The molecule has 3 rings (SSSR count). The van der Waals surface area contributed by atoms with Gasteiger partial charge in [0.1, 0.15) is 5.75 Å². The van der Waals surface area contributed by atoms with E-state index in [1.54, 1.807) is 6.07 Å². The average Bonchev–Trinajstić information content (AvgIpc) is 2.35. The molecule has 0 unspecified atom stereocenters. The van der Waals surface area contributed by atoms with Gasteiger partial charge in [-0.1, -0.05) is 0 Å². The smallest absolute Gasteiger partial charge is 0.545 e. The molecular weight excluding hydrogens is 225 g/mol. The number of aryl methyl sites for hydroxylation is 1. The number of carbonyl (C=O) groups is 1. The van der Waals surface area contributed by atoms with Crippen LogP contribution in [-0.2, 0) is 6.42 Å². The fourth-order valence-electron chi connectivity index (χ4n) is 2.08. The maximum Gasteiger partial charge on any atom is 1.00 e. The van der Waals surface area contributed by atoms with E-state index in [1.165, 1.54) is 6.20 Å². The fraction of sp³-hybridized carbons (Fsp3) is 0.231. The molecule has 0 radical (unpaired) electrons. The van der Waals surface area contributed by atoms with Crippen LogP contribution in [0.3, 0.4) is 0 Å². The number of rotatable bonds is 1. The molecule has 0 saturated heterocycles. The molecule has 1 aromatic carbocycles. The number of hydrogen-bond donors (Lipinski definition) is 0. The van der Waals surface area contributed by atoms with Gasteiger partial charge in [0.2, 0.25) is 0 Å². The van der Waals surface area contributed by atoms with Gasteiger partial charge in [-0.2, -0.15) is 0 Å². The fourth-order valence-corrected chi connectivity index (χ4v) is 2.08. The Bertz CT molecular complexity index is 612. The Morgan fingerprint density at radius 3 is 2.94 bits per heavy atom. The molecule has 0 spiro atoms. The summed E-state index contributed by atoms with van der Waals surface area (Å²) in [4.78, 5) is 14.9. The van der Waals surface area contributed by atoms with Crippen molar-refractivity contribution in [3.05, 3.63) is 35.5 Å². The van der Waals surface area contributed by atoms with E-state index < -0.39 is 5.97 Å². The predicted octanol–water partition coefficient (Wildman–Crippen LogP) is -2.07. The molecule has 2 aromatic rings. The van der Waals surface area contributed by atoms with E-state index in [4.69, 9.17) is 4.74 Å². The van der Waals surface area contributed by atoms with E-state index in [2.05, 4.69) is 4.98 Å². The third-order valence-electron chi connectivity index (χ3n) is 2.95. The van der Waals surface area contributed by atoms with Crippen molar-refractivity contribution in [1.29, 1.82) is 0 Å². The van der Waals surface area contributed by atoms with Gasteiger partial charge < -0.3 is 14.6 Å². The second kappa shape index (κ2) is 5.01. The summed E-state index contributed by atoms with van der Waals surface area (Å²) in [7, 11) is 0. The molecule has 0 fully saturated rings. The van der Waals surface area contributed by atoms with Gasteiger partial charge in [0.15, 0.2) is 0 Å². The Morgan fingerprint density at radius 1 is 1.33 bits per heavy atom. The van der Waals surface area contributed by atoms with Crippen molar-refractivity contribution in [2.45, 2.75) is 12.8 Å². The van der Waals surface area contributed by atoms with E-state index in [0.29, 0.717) is 6.61 Å². The molecule has 0 aliphatic carbocycles. The molecule has 0 saturated carbocycles. The molecule has 0 amide bonds. The predicted molar refractivity (Wildman–Crippen MR) is 59.9 cm³/mol. The van der Waals surface area contributed by atoms with E-state index in [9.17, 15) is 9.90 Å². The van der Waals surface area contributed by atoms with Crippen LogP contribution in [0.15, 0.2) is 24.4 Å². The maximum absolute atomic E-state index is 10.8. The Morgan fingerprint density at radius 2 is 2.17 bits per heavy atom. The minimum absolute atomic E-state index is 0. The summed E-state index contributed by atoms with van der Waals surface area (Å²) in [5, 5.41) is 11.5. The van der Waals surface area contributed by atoms with Crippen LogP contribution in [0.25, 0.3) is 10.9 Å². The second-order valence-corrected chi connectivity index (χ2v) is 4.12. The number of carboxylic acid groups (broad SMARTS) is 1. The van der Waals surface area contributed by atoms with Crippen LogP contribution < -0.4 is 28.7 Å². The van der Waals surface area contributed by atoms with Gasteiger partial charge in [0.05, 0.1) is 18.1 Å². The number of nitrogens with zero attached hydrogens (tertiary/aromatic N) is 1. The first-order chi connectivity index (χ1) is 8.24. The maximum atomic E-state index is 10.8. The molecule has 4 nitrogen and oxygen atoms in total. The SMILES string of the molecule is O=C([O-])c1cnc2cc3c(cc2c1)OCCC3.[Li+]. The van der Waals surface area contributed by atoms with E-state index in [-0.39, 0.29) is 24.4 Å². The van der Waals surface area contributed by atoms with Crippen LogP contribution in [-0.4, -0.2) is 17.6 Å². The second-order valence-electron chi connectivity index (χ2n) is 4.12. The minimum atomic E-state index is -1.21. The summed E-state index contributed by atoms with van der Waals surface area (Å²) in [6.45, 7) is 0.714. The normalized spacial score (nSPS) is 13.3. The first kappa shape index (κ1) is 12.9. The molecule has 5 heteroatoms. The molecule has 1 aliphatic heterocycles. The van der Waals surface area contributed by atoms with E-state index in [0.717, 1.165) is 35.1 Å². The average molecular weight is 235 g/mol. The molecule has 18 heavy (non-hydrogen) atoms. The van der Waals surface area contributed by atoms with Crippen molar-refractivity contribution >= 4 is 16.9 Å². The van der Waals surface area contributed by atoms with Crippen molar-refractivity contribution in [2.75, 3.05) is 6.61 Å². The zero-order chi connectivity index (χ0) is 11.8. The molecule has 86 valence electrons. The Kier molecular flexibility index (Phi) is 3.60. The molecule has 1 aromatic heterocycles. The van der Waals surface area contributed by atoms with Crippen molar-refractivity contribution in [3.63, 3.8) is 0 Å². The minimum Gasteiger partial charge on any atom is -0.545 e. The summed E-state index contributed by atoms with van der Waals surface area (Å²) in [5.41, 5.74) is 2.02.